The smallest absolute Gasteiger partial charge is 0.264 e. The van der Waals surface area contributed by atoms with Gasteiger partial charge in [-0.3, -0.25) is 4.31 Å². The van der Waals surface area contributed by atoms with E-state index in [0.29, 0.717) is 17.7 Å². The summed E-state index contributed by atoms with van der Waals surface area (Å²) in [4.78, 5) is 0.356. The summed E-state index contributed by atoms with van der Waals surface area (Å²) < 4.78 is 53.9. The van der Waals surface area contributed by atoms with Gasteiger partial charge in [-0.15, -0.1) is 0 Å². The maximum Gasteiger partial charge on any atom is 0.264 e. The lowest BCUT2D eigenvalue weighted by molar-refractivity contribution is 0.587. The van der Waals surface area contributed by atoms with Gasteiger partial charge in [0.2, 0.25) is 10.0 Å². The minimum Gasteiger partial charge on any atom is -0.266 e. The van der Waals surface area contributed by atoms with Crippen molar-refractivity contribution in [3.8, 4) is 0 Å². The minimum atomic E-state index is -3.73. The highest BCUT2D eigenvalue weighted by Crippen LogP contribution is 2.35. The topological polar surface area (TPSA) is 83.6 Å². The van der Waals surface area contributed by atoms with Crippen LogP contribution in [0, 0.1) is 0 Å². The molecule has 140 valence electrons. The van der Waals surface area contributed by atoms with Crippen molar-refractivity contribution in [2.24, 2.45) is 0 Å². The molecule has 4 rings (SSSR count). The van der Waals surface area contributed by atoms with Gasteiger partial charge in [0, 0.05) is 6.54 Å². The summed E-state index contributed by atoms with van der Waals surface area (Å²) in [5, 5.41) is 1.83. The van der Waals surface area contributed by atoms with Crippen LogP contribution in [0.15, 0.2) is 70.5 Å². The van der Waals surface area contributed by atoms with E-state index in [-0.39, 0.29) is 16.3 Å². The Morgan fingerprint density at radius 1 is 0.852 bits per heavy atom. The maximum absolute atomic E-state index is 13.2. The Hall–Kier alpha value is -2.42. The summed E-state index contributed by atoms with van der Waals surface area (Å²) in [5.41, 5.74) is 1.23. The molecule has 1 heterocycles. The van der Waals surface area contributed by atoms with Crippen molar-refractivity contribution in [2.45, 2.75) is 16.2 Å². The average Bonchev–Trinajstić information content (AvgIpc) is 3.11. The van der Waals surface area contributed by atoms with E-state index in [1.165, 1.54) is 23.5 Å². The fraction of sp³-hybridized carbons (Fsp3) is 0.158. The fourth-order valence-corrected chi connectivity index (χ4v) is 5.66. The third-order valence-corrected chi connectivity index (χ3v) is 8.01. The van der Waals surface area contributed by atoms with E-state index >= 15 is 0 Å². The molecular formula is C19H18N2O4S2. The molecule has 1 aliphatic rings. The normalized spacial score (nSPS) is 14.5. The molecule has 0 atom stereocenters. The Bertz CT molecular complexity index is 1250. The molecule has 0 fully saturated rings. The molecule has 3 aromatic carbocycles. The second kappa shape index (κ2) is 6.33. The van der Waals surface area contributed by atoms with Crippen LogP contribution in [0.1, 0.15) is 5.56 Å². The number of hydrogen-bond acceptors (Lipinski definition) is 4. The van der Waals surface area contributed by atoms with E-state index in [2.05, 4.69) is 4.72 Å². The Balaban J connectivity index is 1.76. The molecule has 0 bridgehead atoms. The average molecular weight is 402 g/mol. The van der Waals surface area contributed by atoms with Crippen LogP contribution in [0.25, 0.3) is 10.8 Å². The molecule has 0 spiro atoms. The molecule has 8 heteroatoms. The number of rotatable bonds is 4. The summed E-state index contributed by atoms with van der Waals surface area (Å²) in [6, 6.07) is 17.2. The van der Waals surface area contributed by atoms with E-state index < -0.39 is 20.0 Å². The van der Waals surface area contributed by atoms with E-state index in [0.717, 1.165) is 10.8 Å². The van der Waals surface area contributed by atoms with Crippen molar-refractivity contribution in [3.05, 3.63) is 66.2 Å². The third kappa shape index (κ3) is 2.99. The van der Waals surface area contributed by atoms with Gasteiger partial charge in [0.15, 0.2) is 0 Å². The summed E-state index contributed by atoms with van der Waals surface area (Å²) in [5.74, 6) is 0. The summed E-state index contributed by atoms with van der Waals surface area (Å²) in [7, 11) is -5.95. The largest absolute Gasteiger partial charge is 0.266 e. The number of nitrogens with one attached hydrogen (secondary N) is 1. The number of fused-ring (bicyclic) bond motifs is 2. The van der Waals surface area contributed by atoms with Crippen LogP contribution >= 0.6 is 0 Å². The number of anilines is 1. The lowest BCUT2D eigenvalue weighted by Gasteiger charge is -2.20. The molecule has 0 saturated carbocycles. The second-order valence-corrected chi connectivity index (χ2v) is 10.1. The van der Waals surface area contributed by atoms with Crippen LogP contribution < -0.4 is 9.03 Å². The third-order valence-electron chi connectivity index (χ3n) is 4.79. The Labute approximate surface area is 158 Å². The molecule has 0 amide bonds. The number of nitrogens with zero attached hydrogens (tertiary/aromatic N) is 1. The molecule has 3 aromatic rings. The van der Waals surface area contributed by atoms with Gasteiger partial charge in [0.1, 0.15) is 0 Å². The van der Waals surface area contributed by atoms with E-state index in [1.807, 2.05) is 24.3 Å². The summed E-state index contributed by atoms with van der Waals surface area (Å²) in [6.45, 7) is 0.285. The van der Waals surface area contributed by atoms with Crippen molar-refractivity contribution in [1.29, 1.82) is 0 Å². The van der Waals surface area contributed by atoms with Crippen LogP contribution in [0.5, 0.6) is 0 Å². The number of sulfonamides is 2. The van der Waals surface area contributed by atoms with Crippen molar-refractivity contribution in [3.63, 3.8) is 0 Å². The van der Waals surface area contributed by atoms with Crippen molar-refractivity contribution in [1.82, 2.24) is 4.72 Å². The Kier molecular flexibility index (Phi) is 4.21. The molecule has 0 radical (unpaired) electrons. The van der Waals surface area contributed by atoms with Crippen LogP contribution in [-0.2, 0) is 26.5 Å². The van der Waals surface area contributed by atoms with Crippen molar-refractivity contribution < 1.29 is 16.8 Å². The fourth-order valence-electron chi connectivity index (χ4n) is 3.34. The zero-order valence-corrected chi connectivity index (χ0v) is 16.2. The van der Waals surface area contributed by atoms with Crippen LogP contribution in [0.3, 0.4) is 0 Å². The molecule has 27 heavy (non-hydrogen) atoms. The predicted octanol–water partition coefficient (Wildman–Crippen LogP) is 2.50. The summed E-state index contributed by atoms with van der Waals surface area (Å²) in [6.07, 6.45) is 0.467. The van der Waals surface area contributed by atoms with E-state index in [1.54, 1.807) is 24.3 Å². The highest BCUT2D eigenvalue weighted by atomic mass is 32.2. The van der Waals surface area contributed by atoms with E-state index in [9.17, 15) is 16.8 Å². The van der Waals surface area contributed by atoms with Gasteiger partial charge in [0.05, 0.1) is 15.5 Å². The molecule has 0 aliphatic carbocycles. The molecule has 0 saturated heterocycles. The second-order valence-electron chi connectivity index (χ2n) is 6.33. The standard InChI is InChI=1S/C19H18N2O4S2/c1-20-26(22,23)17-8-9-19-16(13-17)10-11-21(19)27(24,25)18-7-6-14-4-2-3-5-15(14)12-18/h2-9,12-13,20H,10-11H2,1H3. The van der Waals surface area contributed by atoms with Gasteiger partial charge in [-0.2, -0.15) is 0 Å². The van der Waals surface area contributed by atoms with Gasteiger partial charge in [0.25, 0.3) is 10.0 Å². The van der Waals surface area contributed by atoms with Crippen molar-refractivity contribution in [2.75, 3.05) is 17.9 Å². The van der Waals surface area contributed by atoms with Crippen LogP contribution in [0.4, 0.5) is 5.69 Å². The molecule has 6 nitrogen and oxygen atoms in total. The predicted molar refractivity (Wildman–Crippen MR) is 105 cm³/mol. The minimum absolute atomic E-state index is 0.133. The lowest BCUT2D eigenvalue weighted by Crippen LogP contribution is -2.29. The molecule has 1 N–H and O–H groups in total. The first-order chi connectivity index (χ1) is 12.8. The monoisotopic (exact) mass is 402 g/mol. The highest BCUT2D eigenvalue weighted by molar-refractivity contribution is 7.93. The van der Waals surface area contributed by atoms with Gasteiger partial charge in [-0.05, 0) is 60.1 Å². The first-order valence-corrected chi connectivity index (χ1v) is 11.3. The van der Waals surface area contributed by atoms with Crippen LogP contribution in [-0.4, -0.2) is 30.4 Å². The van der Waals surface area contributed by atoms with Gasteiger partial charge >= 0.3 is 0 Å². The number of hydrogen-bond donors (Lipinski definition) is 1. The highest BCUT2D eigenvalue weighted by Gasteiger charge is 2.31. The Morgan fingerprint density at radius 3 is 2.30 bits per heavy atom. The maximum atomic E-state index is 13.2. The molecule has 1 aliphatic heterocycles. The summed E-state index contributed by atoms with van der Waals surface area (Å²) >= 11 is 0. The lowest BCUT2D eigenvalue weighted by atomic mass is 10.1. The SMILES string of the molecule is CNS(=O)(=O)c1ccc2c(c1)CCN2S(=O)(=O)c1ccc2ccccc2c1. The van der Waals surface area contributed by atoms with Gasteiger partial charge < -0.3 is 0 Å². The van der Waals surface area contributed by atoms with Crippen molar-refractivity contribution >= 4 is 36.5 Å². The first-order valence-electron chi connectivity index (χ1n) is 8.41. The zero-order valence-electron chi connectivity index (χ0n) is 14.6. The number of benzene rings is 3. The molecule has 0 aromatic heterocycles. The Morgan fingerprint density at radius 2 is 1.56 bits per heavy atom. The van der Waals surface area contributed by atoms with Crippen LogP contribution in [0.2, 0.25) is 0 Å². The molecular weight excluding hydrogens is 384 g/mol. The first kappa shape index (κ1) is 18.0. The van der Waals surface area contributed by atoms with Gasteiger partial charge in [-0.25, -0.2) is 21.6 Å². The molecule has 0 unspecified atom stereocenters. The quantitative estimate of drug-likeness (QED) is 0.727. The van der Waals surface area contributed by atoms with E-state index in [4.69, 9.17) is 0 Å². The zero-order chi connectivity index (χ0) is 19.2. The van der Waals surface area contributed by atoms with Gasteiger partial charge in [-0.1, -0.05) is 30.3 Å².